The Bertz CT molecular complexity index is 541. The van der Waals surface area contributed by atoms with Crippen molar-refractivity contribution in [2.45, 2.75) is 51.2 Å². The van der Waals surface area contributed by atoms with Crippen LogP contribution in [0.1, 0.15) is 40.2 Å². The molecule has 126 valence electrons. The zero-order valence-corrected chi connectivity index (χ0v) is 14.9. The molecule has 22 heavy (non-hydrogen) atoms. The van der Waals surface area contributed by atoms with E-state index in [0.29, 0.717) is 13.2 Å². The van der Waals surface area contributed by atoms with Crippen molar-refractivity contribution in [3.8, 4) is 0 Å². The third kappa shape index (κ3) is 5.68. The van der Waals surface area contributed by atoms with Crippen molar-refractivity contribution in [3.05, 3.63) is 29.8 Å². The summed E-state index contributed by atoms with van der Waals surface area (Å²) in [5, 5.41) is 0. The van der Waals surface area contributed by atoms with E-state index in [4.69, 9.17) is 9.47 Å². The average Bonchev–Trinajstić information content (AvgIpc) is 2.44. The van der Waals surface area contributed by atoms with Gasteiger partial charge in [0, 0.05) is 13.2 Å². The fraction of sp³-hybridized carbons (Fsp3) is 0.625. The van der Waals surface area contributed by atoms with Crippen molar-refractivity contribution in [3.63, 3.8) is 0 Å². The molecule has 1 rings (SSSR count). The maximum atomic E-state index is 12.3. The molecule has 0 radical (unpaired) electrons. The van der Waals surface area contributed by atoms with Gasteiger partial charge >= 0.3 is 0 Å². The molecule has 0 aliphatic heterocycles. The Morgan fingerprint density at radius 2 is 1.55 bits per heavy atom. The molecular weight excluding hydrogens is 302 g/mol. The third-order valence-electron chi connectivity index (χ3n) is 3.18. The molecular formula is C16H27NO4S. The zero-order chi connectivity index (χ0) is 16.8. The molecule has 0 spiro atoms. The standard InChI is InChI=1S/C16H27NO4S/c1-6-20-15(21-7-2)12-17-22(18,19)14-10-8-13(9-11-14)16(3,4)5/h8-11,15,17H,6-7,12H2,1-5H3. The van der Waals surface area contributed by atoms with Gasteiger partial charge in [-0.2, -0.15) is 0 Å². The maximum absolute atomic E-state index is 12.3. The molecule has 0 fully saturated rings. The van der Waals surface area contributed by atoms with Gasteiger partial charge in [-0.3, -0.25) is 0 Å². The van der Waals surface area contributed by atoms with Crippen LogP contribution in [0.5, 0.6) is 0 Å². The number of rotatable bonds is 8. The van der Waals surface area contributed by atoms with E-state index in [0.717, 1.165) is 5.56 Å². The van der Waals surface area contributed by atoms with Crippen LogP contribution < -0.4 is 4.72 Å². The summed E-state index contributed by atoms with van der Waals surface area (Å²) in [6.07, 6.45) is -0.571. The highest BCUT2D eigenvalue weighted by Crippen LogP contribution is 2.23. The summed E-state index contributed by atoms with van der Waals surface area (Å²) in [7, 11) is -3.56. The molecule has 0 aromatic heterocycles. The van der Waals surface area contributed by atoms with Gasteiger partial charge in [-0.25, -0.2) is 13.1 Å². The molecule has 0 atom stereocenters. The molecule has 0 unspecified atom stereocenters. The topological polar surface area (TPSA) is 64.6 Å². The van der Waals surface area contributed by atoms with Gasteiger partial charge in [0.25, 0.3) is 0 Å². The fourth-order valence-electron chi connectivity index (χ4n) is 1.93. The van der Waals surface area contributed by atoms with Crippen LogP contribution in [0.15, 0.2) is 29.2 Å². The molecule has 0 saturated carbocycles. The first kappa shape index (κ1) is 19.1. The van der Waals surface area contributed by atoms with E-state index in [-0.39, 0.29) is 16.9 Å². The summed E-state index contributed by atoms with van der Waals surface area (Å²) in [6, 6.07) is 6.94. The predicted octanol–water partition coefficient (Wildman–Crippen LogP) is 2.66. The van der Waals surface area contributed by atoms with Gasteiger partial charge in [0.15, 0.2) is 6.29 Å². The fourth-order valence-corrected chi connectivity index (χ4v) is 2.95. The summed E-state index contributed by atoms with van der Waals surface area (Å²) in [6.45, 7) is 11.0. The Hall–Kier alpha value is -0.950. The van der Waals surface area contributed by atoms with Gasteiger partial charge in [0.1, 0.15) is 0 Å². The molecule has 0 heterocycles. The monoisotopic (exact) mass is 329 g/mol. The van der Waals surface area contributed by atoms with Gasteiger partial charge < -0.3 is 9.47 Å². The summed E-state index contributed by atoms with van der Waals surface area (Å²) in [5.74, 6) is 0. The quantitative estimate of drug-likeness (QED) is 0.745. The van der Waals surface area contributed by atoms with Crippen molar-refractivity contribution < 1.29 is 17.9 Å². The largest absolute Gasteiger partial charge is 0.352 e. The van der Waals surface area contributed by atoms with Crippen molar-refractivity contribution in [1.82, 2.24) is 4.72 Å². The smallest absolute Gasteiger partial charge is 0.240 e. The highest BCUT2D eigenvalue weighted by molar-refractivity contribution is 7.89. The maximum Gasteiger partial charge on any atom is 0.240 e. The first-order valence-electron chi connectivity index (χ1n) is 7.54. The number of sulfonamides is 1. The molecule has 0 aliphatic carbocycles. The SMILES string of the molecule is CCOC(CNS(=O)(=O)c1ccc(C(C)(C)C)cc1)OCC. The van der Waals surface area contributed by atoms with Crippen LogP contribution in [0.25, 0.3) is 0 Å². The highest BCUT2D eigenvalue weighted by Gasteiger charge is 2.19. The summed E-state index contributed by atoms with van der Waals surface area (Å²) < 4.78 is 37.7. The van der Waals surface area contributed by atoms with Gasteiger partial charge in [0.05, 0.1) is 11.4 Å². The molecule has 1 aromatic carbocycles. The summed E-state index contributed by atoms with van der Waals surface area (Å²) >= 11 is 0. The van der Waals surface area contributed by atoms with Crippen molar-refractivity contribution in [1.29, 1.82) is 0 Å². The van der Waals surface area contributed by atoms with E-state index in [2.05, 4.69) is 25.5 Å². The van der Waals surface area contributed by atoms with E-state index >= 15 is 0 Å². The lowest BCUT2D eigenvalue weighted by molar-refractivity contribution is -0.130. The number of benzene rings is 1. The van der Waals surface area contributed by atoms with Crippen LogP contribution in [0, 0.1) is 0 Å². The Kier molecular flexibility index (Phi) is 6.99. The van der Waals surface area contributed by atoms with E-state index in [9.17, 15) is 8.42 Å². The van der Waals surface area contributed by atoms with Gasteiger partial charge in [-0.05, 0) is 37.0 Å². The minimum Gasteiger partial charge on any atom is -0.352 e. The number of nitrogens with one attached hydrogen (secondary N) is 1. The average molecular weight is 329 g/mol. The van der Waals surface area contributed by atoms with E-state index in [1.807, 2.05) is 26.0 Å². The zero-order valence-electron chi connectivity index (χ0n) is 14.0. The minimum atomic E-state index is -3.56. The molecule has 5 nitrogen and oxygen atoms in total. The Morgan fingerprint density at radius 1 is 1.05 bits per heavy atom. The normalized spacial score (nSPS) is 12.8. The Labute approximate surface area is 134 Å². The first-order valence-corrected chi connectivity index (χ1v) is 9.02. The minimum absolute atomic E-state index is 0.00918. The molecule has 6 heteroatoms. The first-order chi connectivity index (χ1) is 10.2. The molecule has 1 N–H and O–H groups in total. The van der Waals surface area contributed by atoms with Crippen LogP contribution >= 0.6 is 0 Å². The van der Waals surface area contributed by atoms with Crippen LogP contribution in [-0.2, 0) is 24.9 Å². The van der Waals surface area contributed by atoms with Gasteiger partial charge in [-0.15, -0.1) is 0 Å². The summed E-state index contributed by atoms with van der Waals surface area (Å²) in [4.78, 5) is 0.243. The van der Waals surface area contributed by atoms with Gasteiger partial charge in [-0.1, -0.05) is 32.9 Å². The lowest BCUT2D eigenvalue weighted by Gasteiger charge is -2.20. The molecule has 0 aliphatic rings. The second kappa shape index (κ2) is 8.06. The molecule has 0 amide bonds. The van der Waals surface area contributed by atoms with Crippen molar-refractivity contribution in [2.75, 3.05) is 19.8 Å². The lowest BCUT2D eigenvalue weighted by atomic mass is 9.87. The Balaban J connectivity index is 2.77. The summed E-state index contributed by atoms with van der Waals surface area (Å²) in [5.41, 5.74) is 1.08. The van der Waals surface area contributed by atoms with Crippen LogP contribution in [0.2, 0.25) is 0 Å². The van der Waals surface area contributed by atoms with E-state index in [1.54, 1.807) is 12.1 Å². The number of hydrogen-bond acceptors (Lipinski definition) is 4. The number of hydrogen-bond donors (Lipinski definition) is 1. The molecule has 0 saturated heterocycles. The second-order valence-electron chi connectivity index (χ2n) is 5.97. The van der Waals surface area contributed by atoms with Crippen LogP contribution in [0.4, 0.5) is 0 Å². The molecule has 0 bridgehead atoms. The van der Waals surface area contributed by atoms with Crippen LogP contribution in [0.3, 0.4) is 0 Å². The van der Waals surface area contributed by atoms with Crippen molar-refractivity contribution >= 4 is 10.0 Å². The highest BCUT2D eigenvalue weighted by atomic mass is 32.2. The van der Waals surface area contributed by atoms with Crippen LogP contribution in [-0.4, -0.2) is 34.5 Å². The predicted molar refractivity (Wildman–Crippen MR) is 87.4 cm³/mol. The lowest BCUT2D eigenvalue weighted by Crippen LogP contribution is -2.35. The molecule has 1 aromatic rings. The number of ether oxygens (including phenoxy) is 2. The van der Waals surface area contributed by atoms with Gasteiger partial charge in [0.2, 0.25) is 10.0 Å². The van der Waals surface area contributed by atoms with Crippen molar-refractivity contribution in [2.24, 2.45) is 0 Å². The Morgan fingerprint density at radius 3 is 1.95 bits per heavy atom. The third-order valence-corrected chi connectivity index (χ3v) is 4.62. The van der Waals surface area contributed by atoms with E-state index in [1.165, 1.54) is 0 Å². The van der Waals surface area contributed by atoms with E-state index < -0.39 is 16.3 Å². The second-order valence-corrected chi connectivity index (χ2v) is 7.73.